The van der Waals surface area contributed by atoms with Gasteiger partial charge in [-0.25, -0.2) is 14.4 Å². The van der Waals surface area contributed by atoms with E-state index in [0.29, 0.717) is 53.7 Å². The van der Waals surface area contributed by atoms with Crippen molar-refractivity contribution >= 4 is 28.3 Å². The Balaban J connectivity index is 1.06. The van der Waals surface area contributed by atoms with Crippen LogP contribution >= 0.6 is 11.6 Å². The summed E-state index contributed by atoms with van der Waals surface area (Å²) >= 11 is 5.85. The van der Waals surface area contributed by atoms with Crippen LogP contribution in [0.2, 0.25) is 5.02 Å². The van der Waals surface area contributed by atoms with Crippen LogP contribution in [0.15, 0.2) is 65.3 Å². The lowest BCUT2D eigenvalue weighted by molar-refractivity contribution is -0.159. The Labute approximate surface area is 265 Å². The Morgan fingerprint density at radius 3 is 2.65 bits per heavy atom. The molecule has 1 atom stereocenters. The second-order valence-corrected chi connectivity index (χ2v) is 11.6. The molecule has 2 aromatic carbocycles. The summed E-state index contributed by atoms with van der Waals surface area (Å²) in [6, 6.07) is 13.9. The van der Waals surface area contributed by atoms with E-state index < -0.39 is 17.9 Å². The molecule has 7 rings (SSSR count). The first kappa shape index (κ1) is 30.3. The third-order valence-electron chi connectivity index (χ3n) is 8.04. The summed E-state index contributed by atoms with van der Waals surface area (Å²) in [6.45, 7) is 3.36. The van der Waals surface area contributed by atoms with Crippen LogP contribution < -0.4 is 4.74 Å². The lowest BCUT2D eigenvalue weighted by Crippen LogP contribution is -2.33. The van der Waals surface area contributed by atoms with Crippen LogP contribution in [0.3, 0.4) is 0 Å². The highest BCUT2D eigenvalue weighted by molar-refractivity contribution is 6.30. The van der Waals surface area contributed by atoms with Gasteiger partial charge in [0.15, 0.2) is 5.65 Å². The van der Waals surface area contributed by atoms with Gasteiger partial charge in [-0.15, -0.1) is 0 Å². The molecule has 2 aliphatic rings. The highest BCUT2D eigenvalue weighted by Crippen LogP contribution is 2.31. The Morgan fingerprint density at radius 2 is 1.93 bits per heavy atom. The van der Waals surface area contributed by atoms with Gasteiger partial charge in [0.25, 0.3) is 0 Å². The third kappa shape index (κ3) is 6.48. The van der Waals surface area contributed by atoms with E-state index in [1.165, 1.54) is 17.8 Å². The second-order valence-electron chi connectivity index (χ2n) is 11.2. The van der Waals surface area contributed by atoms with Crippen LogP contribution in [0.1, 0.15) is 35.7 Å². The molecule has 0 N–H and O–H groups in total. The summed E-state index contributed by atoms with van der Waals surface area (Å²) in [7, 11) is 0. The van der Waals surface area contributed by atoms with Crippen LogP contribution in [-0.4, -0.2) is 55.4 Å². The van der Waals surface area contributed by atoms with Gasteiger partial charge in [-0.2, -0.15) is 18.2 Å². The van der Waals surface area contributed by atoms with Gasteiger partial charge < -0.3 is 18.6 Å². The van der Waals surface area contributed by atoms with Crippen molar-refractivity contribution < 1.29 is 31.6 Å². The number of ether oxygens (including phenoxy) is 2. The average Bonchev–Trinajstić information content (AvgIpc) is 3.64. The van der Waals surface area contributed by atoms with E-state index in [-0.39, 0.29) is 24.1 Å². The predicted octanol–water partition coefficient (Wildman–Crippen LogP) is 6.95. The Morgan fingerprint density at radius 1 is 1.07 bits per heavy atom. The molecule has 2 aliphatic heterocycles. The second kappa shape index (κ2) is 12.5. The van der Waals surface area contributed by atoms with E-state index in [2.05, 4.69) is 30.6 Å². The normalized spacial score (nSPS) is 17.2. The van der Waals surface area contributed by atoms with E-state index in [9.17, 15) is 17.6 Å². The predicted molar refractivity (Wildman–Crippen MR) is 160 cm³/mol. The number of nitrogens with zero attached hydrogens (tertiary/aromatic N) is 6. The molecule has 0 spiro atoms. The Hall–Kier alpha value is -4.33. The molecule has 5 heterocycles. The number of aromatic nitrogens is 5. The maximum atomic E-state index is 14.2. The molecule has 46 heavy (non-hydrogen) atoms. The average molecular weight is 655 g/mol. The van der Waals surface area contributed by atoms with Crippen molar-refractivity contribution in [2.75, 3.05) is 19.7 Å². The van der Waals surface area contributed by atoms with Gasteiger partial charge in [0, 0.05) is 42.0 Å². The minimum absolute atomic E-state index is 0.0442. The fourth-order valence-electron chi connectivity index (χ4n) is 5.48. The van der Waals surface area contributed by atoms with Crippen LogP contribution in [0.25, 0.3) is 28.1 Å². The van der Waals surface area contributed by atoms with Crippen molar-refractivity contribution in [3.63, 3.8) is 0 Å². The number of halogens is 5. The molecule has 0 saturated carbocycles. The van der Waals surface area contributed by atoms with Gasteiger partial charge in [0.05, 0.1) is 19.2 Å². The molecular weight excluding hydrogens is 628 g/mol. The molecule has 1 fully saturated rings. The van der Waals surface area contributed by atoms with Gasteiger partial charge in [-0.1, -0.05) is 41.0 Å². The van der Waals surface area contributed by atoms with E-state index in [1.54, 1.807) is 18.2 Å². The smallest absolute Gasteiger partial charge is 0.471 e. The summed E-state index contributed by atoms with van der Waals surface area (Å²) in [5.74, 6) is -0.609. The summed E-state index contributed by atoms with van der Waals surface area (Å²) < 4.78 is 71.1. The minimum Gasteiger partial charge on any atom is -0.489 e. The molecule has 0 unspecified atom stereocenters. The van der Waals surface area contributed by atoms with Gasteiger partial charge in [0.2, 0.25) is 5.82 Å². The number of hydrogen-bond acceptors (Lipinski definition) is 8. The maximum Gasteiger partial charge on any atom is 0.471 e. The van der Waals surface area contributed by atoms with Crippen LogP contribution in [0.5, 0.6) is 5.75 Å². The Bertz CT molecular complexity index is 1920. The quantitative estimate of drug-likeness (QED) is 0.158. The van der Waals surface area contributed by atoms with Crippen molar-refractivity contribution in [2.45, 2.75) is 44.8 Å². The lowest BCUT2D eigenvalue weighted by Gasteiger charge is -2.29. The van der Waals surface area contributed by atoms with Gasteiger partial charge >= 0.3 is 12.1 Å². The zero-order chi connectivity index (χ0) is 31.8. The number of fused-ring (bicyclic) bond motifs is 1. The number of rotatable bonds is 9. The number of imidazole rings is 1. The summed E-state index contributed by atoms with van der Waals surface area (Å²) in [5, 5.41) is 3.82. The van der Waals surface area contributed by atoms with Crippen molar-refractivity contribution in [1.29, 1.82) is 0 Å². The monoisotopic (exact) mass is 654 g/mol. The molecule has 5 aromatic rings. The highest BCUT2D eigenvalue weighted by Gasteiger charge is 2.38. The molecule has 0 aliphatic carbocycles. The van der Waals surface area contributed by atoms with Crippen LogP contribution in [-0.2, 0) is 30.6 Å². The van der Waals surface area contributed by atoms with Gasteiger partial charge in [0.1, 0.15) is 29.5 Å². The first-order valence-corrected chi connectivity index (χ1v) is 15.0. The van der Waals surface area contributed by atoms with E-state index >= 15 is 0 Å². The van der Waals surface area contributed by atoms with Gasteiger partial charge in [-0.05, 0) is 54.3 Å². The topological polar surface area (TPSA) is 91.3 Å². The van der Waals surface area contributed by atoms with E-state index in [1.807, 2.05) is 28.8 Å². The SMILES string of the molecule is Fc1cc(Cl)ccc1COc1cccc(C2=CCN(Cc3nc4cc(-c5noc(C(F)(F)F)n5)cnc4n3C[C@@H]3CCO3)CC2)c1. The zero-order valence-corrected chi connectivity index (χ0v) is 25.1. The molecule has 9 nitrogen and oxygen atoms in total. The number of alkyl halides is 3. The molecule has 1 saturated heterocycles. The van der Waals surface area contributed by atoms with Crippen molar-refractivity contribution in [3.05, 3.63) is 94.5 Å². The number of pyridine rings is 1. The summed E-state index contributed by atoms with van der Waals surface area (Å²) in [6.07, 6.45) is 0.627. The van der Waals surface area contributed by atoms with E-state index in [0.717, 1.165) is 30.8 Å². The molecule has 0 bridgehead atoms. The maximum absolute atomic E-state index is 14.2. The molecule has 14 heteroatoms. The number of benzene rings is 2. The molecule has 0 radical (unpaired) electrons. The van der Waals surface area contributed by atoms with Crippen molar-refractivity contribution in [3.8, 4) is 17.1 Å². The van der Waals surface area contributed by atoms with Gasteiger partial charge in [-0.3, -0.25) is 4.90 Å². The summed E-state index contributed by atoms with van der Waals surface area (Å²) in [4.78, 5) is 15.1. The first-order chi connectivity index (χ1) is 22.2. The fourth-order valence-corrected chi connectivity index (χ4v) is 5.64. The largest absolute Gasteiger partial charge is 0.489 e. The third-order valence-corrected chi connectivity index (χ3v) is 8.28. The molecule has 238 valence electrons. The molecular formula is C32H27ClF4N6O3. The Kier molecular flexibility index (Phi) is 8.22. The van der Waals surface area contributed by atoms with Crippen LogP contribution in [0.4, 0.5) is 17.6 Å². The molecule has 0 amide bonds. The molecule has 3 aromatic heterocycles. The summed E-state index contributed by atoms with van der Waals surface area (Å²) in [5.41, 5.74) is 4.05. The van der Waals surface area contributed by atoms with Crippen molar-refractivity contribution in [1.82, 2.24) is 29.6 Å². The highest BCUT2D eigenvalue weighted by atomic mass is 35.5. The van der Waals surface area contributed by atoms with Crippen molar-refractivity contribution in [2.24, 2.45) is 0 Å². The first-order valence-electron chi connectivity index (χ1n) is 14.7. The minimum atomic E-state index is -4.74. The zero-order valence-electron chi connectivity index (χ0n) is 24.3. The van der Waals surface area contributed by atoms with E-state index in [4.69, 9.17) is 26.1 Å². The fraction of sp³-hybridized carbons (Fsp3) is 0.312. The van der Waals surface area contributed by atoms with Crippen LogP contribution in [0, 0.1) is 5.82 Å². The lowest BCUT2D eigenvalue weighted by atomic mass is 9.99. The number of hydrogen-bond donors (Lipinski definition) is 0. The standard InChI is InChI=1S/C32H27ClF4N6O3/c33-23-5-4-21(26(34)14-23)18-45-24-3-1-2-20(12-24)19-6-9-42(10-7-19)17-28-39-27-13-22(29-40-31(46-41-29)32(35,36)37)15-38-30(27)43(28)16-25-8-11-44-25/h1-6,12-15,25H,7-11,16-18H2/t25-/m0/s1.